The van der Waals surface area contributed by atoms with Crippen LogP contribution in [0.2, 0.25) is 0 Å². The molecular formula is C9H16N2O2S3. The summed E-state index contributed by atoms with van der Waals surface area (Å²) in [5.41, 5.74) is 6.03. The minimum atomic E-state index is -3.38. The first-order valence-corrected chi connectivity index (χ1v) is 8.42. The van der Waals surface area contributed by atoms with E-state index in [0.29, 0.717) is 9.90 Å². The van der Waals surface area contributed by atoms with Gasteiger partial charge in [-0.25, -0.2) is 8.42 Å². The Hall–Kier alpha value is -0.240. The van der Waals surface area contributed by atoms with Crippen molar-refractivity contribution in [1.29, 1.82) is 0 Å². The average molecular weight is 280 g/mol. The summed E-state index contributed by atoms with van der Waals surface area (Å²) in [7, 11) is -1.78. The van der Waals surface area contributed by atoms with Crippen LogP contribution in [0, 0.1) is 0 Å². The summed E-state index contributed by atoms with van der Waals surface area (Å²) in [4.78, 5) is 0. The van der Waals surface area contributed by atoms with Gasteiger partial charge in [0.25, 0.3) is 10.0 Å². The molecule has 1 unspecified atom stereocenters. The maximum Gasteiger partial charge on any atom is 0.252 e. The fourth-order valence-corrected chi connectivity index (χ4v) is 4.62. The van der Waals surface area contributed by atoms with Crippen molar-refractivity contribution >= 4 is 38.8 Å². The summed E-state index contributed by atoms with van der Waals surface area (Å²) >= 11 is 2.79. The highest BCUT2D eigenvalue weighted by molar-refractivity contribution is 7.98. The fraction of sp³-hybridized carbons (Fsp3) is 0.556. The molecule has 0 spiro atoms. The van der Waals surface area contributed by atoms with Crippen molar-refractivity contribution < 1.29 is 8.42 Å². The van der Waals surface area contributed by atoms with Crippen molar-refractivity contribution in [1.82, 2.24) is 4.31 Å². The third-order valence-electron chi connectivity index (χ3n) is 2.26. The lowest BCUT2D eigenvalue weighted by atomic mass is 10.4. The van der Waals surface area contributed by atoms with Crippen LogP contribution < -0.4 is 5.73 Å². The van der Waals surface area contributed by atoms with E-state index in [-0.39, 0.29) is 6.04 Å². The molecule has 1 aromatic rings. The smallest absolute Gasteiger partial charge is 0.252 e. The first-order chi connectivity index (χ1) is 7.39. The fourth-order valence-electron chi connectivity index (χ4n) is 1.19. The second kappa shape index (κ2) is 5.39. The van der Waals surface area contributed by atoms with Gasteiger partial charge in [-0.05, 0) is 19.2 Å². The van der Waals surface area contributed by atoms with Crippen molar-refractivity contribution in [3.63, 3.8) is 0 Å². The van der Waals surface area contributed by atoms with Gasteiger partial charge in [0, 0.05) is 29.9 Å². The number of thiophene rings is 1. The standard InChI is InChI=1S/C9H16N2O2S3/c1-7(5-14-3)11(2)16(12,13)9-4-8(10)6-15-9/h4,6-7H,5,10H2,1-3H3. The van der Waals surface area contributed by atoms with Crippen molar-refractivity contribution in [2.24, 2.45) is 0 Å². The van der Waals surface area contributed by atoms with Gasteiger partial charge < -0.3 is 5.73 Å². The molecule has 4 nitrogen and oxygen atoms in total. The predicted octanol–water partition coefficient (Wildman–Crippen LogP) is 1.70. The molecule has 2 N–H and O–H groups in total. The molecule has 1 atom stereocenters. The van der Waals surface area contributed by atoms with Crippen molar-refractivity contribution in [2.45, 2.75) is 17.2 Å². The Morgan fingerprint density at radius 2 is 2.25 bits per heavy atom. The van der Waals surface area contributed by atoms with E-state index in [1.807, 2.05) is 13.2 Å². The Morgan fingerprint density at radius 3 is 2.69 bits per heavy atom. The summed E-state index contributed by atoms with van der Waals surface area (Å²) in [6, 6.07) is 1.48. The molecule has 0 bridgehead atoms. The van der Waals surface area contributed by atoms with Crippen LogP contribution in [0.1, 0.15) is 6.92 Å². The first-order valence-electron chi connectivity index (χ1n) is 4.70. The number of hydrogen-bond acceptors (Lipinski definition) is 5. The quantitative estimate of drug-likeness (QED) is 0.891. The molecule has 92 valence electrons. The molecule has 0 aliphatic heterocycles. The van der Waals surface area contributed by atoms with Crippen LogP contribution in [0.15, 0.2) is 15.7 Å². The first kappa shape index (κ1) is 13.8. The van der Waals surface area contributed by atoms with E-state index in [4.69, 9.17) is 5.73 Å². The number of anilines is 1. The molecule has 0 aliphatic carbocycles. The third kappa shape index (κ3) is 2.91. The molecule has 0 aliphatic rings. The lowest BCUT2D eigenvalue weighted by Gasteiger charge is -2.22. The number of nitrogens with zero attached hydrogens (tertiary/aromatic N) is 1. The van der Waals surface area contributed by atoms with E-state index in [2.05, 4.69) is 0 Å². The van der Waals surface area contributed by atoms with E-state index in [1.54, 1.807) is 24.2 Å². The van der Waals surface area contributed by atoms with Crippen molar-refractivity contribution in [2.75, 3.05) is 24.8 Å². The van der Waals surface area contributed by atoms with Gasteiger partial charge >= 0.3 is 0 Å². The molecule has 7 heteroatoms. The minimum absolute atomic E-state index is 0.0247. The van der Waals surface area contributed by atoms with Crippen LogP contribution in [-0.4, -0.2) is 37.8 Å². The molecule has 0 aromatic carbocycles. The summed E-state index contributed by atoms with van der Waals surface area (Å²) in [5.74, 6) is 0.774. The minimum Gasteiger partial charge on any atom is -0.398 e. The number of rotatable bonds is 5. The van der Waals surface area contributed by atoms with Crippen LogP contribution >= 0.6 is 23.1 Å². The highest BCUT2D eigenvalue weighted by atomic mass is 32.2. The number of nitrogen functional groups attached to an aromatic ring is 1. The largest absolute Gasteiger partial charge is 0.398 e. The maximum absolute atomic E-state index is 12.1. The second-order valence-electron chi connectivity index (χ2n) is 3.52. The Kier molecular flexibility index (Phi) is 4.66. The number of thioether (sulfide) groups is 1. The summed E-state index contributed by atoms with van der Waals surface area (Å²) in [6.45, 7) is 1.89. The molecule has 1 heterocycles. The lowest BCUT2D eigenvalue weighted by Crippen LogP contribution is -2.36. The lowest BCUT2D eigenvalue weighted by molar-refractivity contribution is 0.416. The summed E-state index contributed by atoms with van der Waals surface area (Å²) in [6.07, 6.45) is 1.96. The molecule has 1 aromatic heterocycles. The SMILES string of the molecule is CSCC(C)N(C)S(=O)(=O)c1cc(N)cs1. The zero-order chi connectivity index (χ0) is 12.3. The maximum atomic E-state index is 12.1. The van der Waals surface area contributed by atoms with Crippen LogP contribution in [0.5, 0.6) is 0 Å². The molecule has 0 saturated carbocycles. The predicted molar refractivity (Wildman–Crippen MR) is 71.5 cm³/mol. The Morgan fingerprint density at radius 1 is 1.62 bits per heavy atom. The summed E-state index contributed by atoms with van der Waals surface area (Å²) in [5, 5.41) is 1.64. The Bertz CT molecular complexity index is 441. The van der Waals surface area contributed by atoms with E-state index >= 15 is 0 Å². The zero-order valence-corrected chi connectivity index (χ0v) is 12.0. The van der Waals surface area contributed by atoms with Gasteiger partial charge in [-0.2, -0.15) is 16.1 Å². The Balaban J connectivity index is 2.94. The average Bonchev–Trinajstić information content (AvgIpc) is 2.64. The molecule has 0 amide bonds. The number of nitrogens with two attached hydrogens (primary N) is 1. The molecule has 0 radical (unpaired) electrons. The topological polar surface area (TPSA) is 63.4 Å². The van der Waals surface area contributed by atoms with E-state index in [1.165, 1.54) is 10.4 Å². The number of hydrogen-bond donors (Lipinski definition) is 1. The zero-order valence-electron chi connectivity index (χ0n) is 9.50. The van der Waals surface area contributed by atoms with Gasteiger partial charge in [0.15, 0.2) is 0 Å². The number of sulfonamides is 1. The Labute approximate surface area is 105 Å². The third-order valence-corrected chi connectivity index (χ3v) is 6.48. The highest BCUT2D eigenvalue weighted by Gasteiger charge is 2.26. The van der Waals surface area contributed by atoms with E-state index in [0.717, 1.165) is 17.1 Å². The van der Waals surface area contributed by atoms with Gasteiger partial charge in [0.2, 0.25) is 0 Å². The van der Waals surface area contributed by atoms with Crippen molar-refractivity contribution in [3.05, 3.63) is 11.4 Å². The molecule has 0 saturated heterocycles. The summed E-state index contributed by atoms with van der Waals surface area (Å²) < 4.78 is 26.0. The molecular weight excluding hydrogens is 264 g/mol. The van der Waals surface area contributed by atoms with E-state index < -0.39 is 10.0 Å². The molecule has 16 heavy (non-hydrogen) atoms. The van der Waals surface area contributed by atoms with Gasteiger partial charge in [-0.3, -0.25) is 0 Å². The van der Waals surface area contributed by atoms with E-state index in [9.17, 15) is 8.42 Å². The van der Waals surface area contributed by atoms with Gasteiger partial charge in [0.1, 0.15) is 4.21 Å². The van der Waals surface area contributed by atoms with Gasteiger partial charge in [-0.15, -0.1) is 11.3 Å². The normalized spacial score (nSPS) is 14.2. The van der Waals surface area contributed by atoms with Gasteiger partial charge in [-0.1, -0.05) is 0 Å². The highest BCUT2D eigenvalue weighted by Crippen LogP contribution is 2.25. The van der Waals surface area contributed by atoms with Crippen LogP contribution in [0.4, 0.5) is 5.69 Å². The van der Waals surface area contributed by atoms with Crippen LogP contribution in [-0.2, 0) is 10.0 Å². The molecule has 0 fully saturated rings. The van der Waals surface area contributed by atoms with Crippen LogP contribution in [0.3, 0.4) is 0 Å². The molecule has 1 rings (SSSR count). The monoisotopic (exact) mass is 280 g/mol. The van der Waals surface area contributed by atoms with Crippen molar-refractivity contribution in [3.8, 4) is 0 Å². The second-order valence-corrected chi connectivity index (χ2v) is 7.57. The van der Waals surface area contributed by atoms with Crippen LogP contribution in [0.25, 0.3) is 0 Å². The van der Waals surface area contributed by atoms with Gasteiger partial charge in [0.05, 0.1) is 0 Å².